The average molecular weight is 249 g/mol. The zero-order valence-corrected chi connectivity index (χ0v) is 7.42. The molecule has 0 aliphatic carbocycles. The Morgan fingerprint density at radius 2 is 2.00 bits per heavy atom. The minimum atomic E-state index is -0.656. The van der Waals surface area contributed by atoms with E-state index in [2.05, 4.69) is 0 Å². The monoisotopic (exact) mass is 249 g/mol. The van der Waals surface area contributed by atoms with Gasteiger partial charge in [-0.15, -0.1) is 0 Å². The maximum absolute atomic E-state index is 7.14. The highest BCUT2D eigenvalue weighted by atomic mass is 127. The summed E-state index contributed by atoms with van der Waals surface area (Å²) in [5.41, 5.74) is 12.3. The maximum atomic E-state index is 7.14. The Morgan fingerprint density at radius 3 is 2.50 bits per heavy atom. The second-order valence-electron chi connectivity index (χ2n) is 1.88. The first kappa shape index (κ1) is 7.46. The molecule has 0 amide bonds. The van der Waals surface area contributed by atoms with Crippen molar-refractivity contribution in [3.8, 4) is 0 Å². The number of rotatable bonds is 1. The topological polar surface area (TPSA) is 75.9 Å². The van der Waals surface area contributed by atoms with Crippen molar-refractivity contribution < 1.29 is 0 Å². The standard InChI is InChI=1S/C6H8IN3/c8-4-1-2-5(7-10)6(9)3-4/h1-3,10H,8-9H2. The van der Waals surface area contributed by atoms with Gasteiger partial charge in [-0.3, -0.25) is 3.56 Å². The van der Waals surface area contributed by atoms with Gasteiger partial charge in [-0.1, -0.05) is 0 Å². The summed E-state index contributed by atoms with van der Waals surface area (Å²) in [4.78, 5) is 0. The lowest BCUT2D eigenvalue weighted by Gasteiger charge is -1.97. The van der Waals surface area contributed by atoms with Crippen LogP contribution >= 0.6 is 21.0 Å². The van der Waals surface area contributed by atoms with Crippen molar-refractivity contribution in [1.29, 1.82) is 3.56 Å². The van der Waals surface area contributed by atoms with Crippen LogP contribution in [0.1, 0.15) is 0 Å². The Bertz CT molecular complexity index is 259. The van der Waals surface area contributed by atoms with Crippen molar-refractivity contribution >= 4 is 32.4 Å². The summed E-state index contributed by atoms with van der Waals surface area (Å²) in [5, 5.41) is 0. The van der Waals surface area contributed by atoms with Crippen LogP contribution in [0.4, 0.5) is 11.4 Å². The van der Waals surface area contributed by atoms with Crippen LogP contribution in [0.2, 0.25) is 0 Å². The minimum absolute atomic E-state index is 0.655. The summed E-state index contributed by atoms with van der Waals surface area (Å²) >= 11 is -0.656. The lowest BCUT2D eigenvalue weighted by atomic mass is 10.3. The molecule has 5 N–H and O–H groups in total. The number of hydrogen-bond donors (Lipinski definition) is 3. The quantitative estimate of drug-likeness (QED) is 0.523. The van der Waals surface area contributed by atoms with Crippen LogP contribution in [-0.4, -0.2) is 0 Å². The van der Waals surface area contributed by atoms with Gasteiger partial charge in [0.15, 0.2) is 0 Å². The first-order chi connectivity index (χ1) is 4.74. The van der Waals surface area contributed by atoms with Crippen molar-refractivity contribution in [2.75, 3.05) is 11.5 Å². The largest absolute Gasteiger partial charge is 0.399 e. The molecular weight excluding hydrogens is 241 g/mol. The Morgan fingerprint density at radius 1 is 1.30 bits per heavy atom. The molecule has 10 heavy (non-hydrogen) atoms. The third-order valence-electron chi connectivity index (χ3n) is 1.12. The van der Waals surface area contributed by atoms with E-state index in [-0.39, 0.29) is 0 Å². The smallest absolute Gasteiger partial charge is 0.0480 e. The van der Waals surface area contributed by atoms with Gasteiger partial charge in [-0.2, -0.15) is 0 Å². The van der Waals surface area contributed by atoms with Crippen LogP contribution in [-0.2, 0) is 0 Å². The van der Waals surface area contributed by atoms with Crippen LogP contribution in [0, 0.1) is 7.13 Å². The second kappa shape index (κ2) is 2.96. The number of nitrogen functional groups attached to an aromatic ring is 2. The van der Waals surface area contributed by atoms with E-state index in [4.69, 9.17) is 15.0 Å². The zero-order valence-electron chi connectivity index (χ0n) is 5.26. The normalized spacial score (nSPS) is 9.60. The van der Waals surface area contributed by atoms with E-state index in [0.717, 1.165) is 3.57 Å². The first-order valence-corrected chi connectivity index (χ1v) is 4.85. The van der Waals surface area contributed by atoms with Gasteiger partial charge in [0, 0.05) is 36.0 Å². The molecule has 0 aliphatic heterocycles. The molecule has 1 aromatic rings. The van der Waals surface area contributed by atoms with Crippen LogP contribution in [0.5, 0.6) is 0 Å². The fraction of sp³-hybridized carbons (Fsp3) is 0. The summed E-state index contributed by atoms with van der Waals surface area (Å²) in [6.07, 6.45) is 0. The fourth-order valence-corrected chi connectivity index (χ4v) is 1.47. The van der Waals surface area contributed by atoms with Gasteiger partial charge in [0.25, 0.3) is 0 Å². The van der Waals surface area contributed by atoms with E-state index < -0.39 is 21.0 Å². The number of halogens is 1. The summed E-state index contributed by atoms with van der Waals surface area (Å²) in [7, 11) is 0. The van der Waals surface area contributed by atoms with Crippen LogP contribution in [0.3, 0.4) is 0 Å². The molecule has 0 saturated carbocycles. The van der Waals surface area contributed by atoms with Crippen molar-refractivity contribution in [1.82, 2.24) is 0 Å². The Labute approximate surface area is 69.4 Å². The van der Waals surface area contributed by atoms with Gasteiger partial charge in [0.1, 0.15) is 0 Å². The predicted molar refractivity (Wildman–Crippen MR) is 50.7 cm³/mol. The number of nitrogens with two attached hydrogens (primary N) is 2. The van der Waals surface area contributed by atoms with Gasteiger partial charge in [0.05, 0.1) is 0 Å². The fourth-order valence-electron chi connectivity index (χ4n) is 0.648. The molecule has 0 unspecified atom stereocenters. The number of anilines is 2. The second-order valence-corrected chi connectivity index (χ2v) is 3.58. The average Bonchev–Trinajstić information content (AvgIpc) is 1.88. The molecule has 1 aromatic carbocycles. The molecular formula is C6H8IN3. The number of hydrogen-bond acceptors (Lipinski definition) is 3. The zero-order chi connectivity index (χ0) is 7.56. The highest BCUT2D eigenvalue weighted by molar-refractivity contribution is 14.2. The molecule has 4 heteroatoms. The molecule has 0 saturated heterocycles. The van der Waals surface area contributed by atoms with E-state index in [1.165, 1.54) is 0 Å². The van der Waals surface area contributed by atoms with E-state index in [9.17, 15) is 0 Å². The molecule has 0 heterocycles. The van der Waals surface area contributed by atoms with Crippen molar-refractivity contribution in [2.24, 2.45) is 0 Å². The molecule has 0 bridgehead atoms. The summed E-state index contributed by atoms with van der Waals surface area (Å²) < 4.78 is 8.08. The summed E-state index contributed by atoms with van der Waals surface area (Å²) in [5.74, 6) is 0. The summed E-state index contributed by atoms with van der Waals surface area (Å²) in [6.45, 7) is 0. The molecule has 0 atom stereocenters. The molecule has 54 valence electrons. The van der Waals surface area contributed by atoms with Crippen molar-refractivity contribution in [3.63, 3.8) is 0 Å². The third kappa shape index (κ3) is 1.44. The lowest BCUT2D eigenvalue weighted by molar-refractivity contribution is 1.61. The summed E-state index contributed by atoms with van der Waals surface area (Å²) in [6, 6.07) is 5.30. The van der Waals surface area contributed by atoms with Gasteiger partial charge in [0.2, 0.25) is 0 Å². The SMILES string of the molecule is N=Ic1ccc(N)cc1N. The molecule has 0 spiro atoms. The van der Waals surface area contributed by atoms with Crippen LogP contribution in [0.25, 0.3) is 0 Å². The van der Waals surface area contributed by atoms with Gasteiger partial charge < -0.3 is 11.5 Å². The van der Waals surface area contributed by atoms with Gasteiger partial charge in [-0.05, 0) is 18.2 Å². The van der Waals surface area contributed by atoms with Crippen molar-refractivity contribution in [3.05, 3.63) is 21.8 Å². The van der Waals surface area contributed by atoms with E-state index in [1.807, 2.05) is 6.07 Å². The highest BCUT2D eigenvalue weighted by Gasteiger charge is 1.94. The Kier molecular flexibility index (Phi) is 2.21. The molecule has 0 fully saturated rings. The number of nitrogens with one attached hydrogen (secondary N) is 1. The molecule has 0 radical (unpaired) electrons. The molecule has 0 aliphatic rings. The van der Waals surface area contributed by atoms with E-state index in [0.29, 0.717) is 11.4 Å². The van der Waals surface area contributed by atoms with Crippen LogP contribution in [0.15, 0.2) is 18.2 Å². The molecule has 3 nitrogen and oxygen atoms in total. The predicted octanol–water partition coefficient (Wildman–Crippen LogP) is 1.75. The van der Waals surface area contributed by atoms with E-state index in [1.54, 1.807) is 12.1 Å². The van der Waals surface area contributed by atoms with Gasteiger partial charge in [-0.25, -0.2) is 0 Å². The molecule has 1 rings (SSSR count). The Balaban J connectivity index is 3.19. The highest BCUT2D eigenvalue weighted by Crippen LogP contribution is 2.20. The first-order valence-electron chi connectivity index (χ1n) is 2.69. The van der Waals surface area contributed by atoms with Gasteiger partial charge >= 0.3 is 0 Å². The Hall–Kier alpha value is -0.650. The lowest BCUT2D eigenvalue weighted by Crippen LogP contribution is -1.91. The molecule has 0 aromatic heterocycles. The third-order valence-corrected chi connectivity index (χ3v) is 2.69. The maximum Gasteiger partial charge on any atom is 0.0480 e. The van der Waals surface area contributed by atoms with Crippen LogP contribution < -0.4 is 11.5 Å². The van der Waals surface area contributed by atoms with E-state index >= 15 is 0 Å². The number of benzene rings is 1. The minimum Gasteiger partial charge on any atom is -0.399 e. The van der Waals surface area contributed by atoms with Crippen molar-refractivity contribution in [2.45, 2.75) is 0 Å².